The summed E-state index contributed by atoms with van der Waals surface area (Å²) in [6, 6.07) is 10.1. The maximum atomic E-state index is 12.0. The quantitative estimate of drug-likeness (QED) is 0.811. The van der Waals surface area contributed by atoms with Crippen molar-refractivity contribution in [1.29, 1.82) is 0 Å². The van der Waals surface area contributed by atoms with Crippen molar-refractivity contribution in [2.45, 2.75) is 45.4 Å². The first-order valence-electron chi connectivity index (χ1n) is 8.03. The minimum absolute atomic E-state index is 0.0750. The van der Waals surface area contributed by atoms with Gasteiger partial charge in [-0.1, -0.05) is 50.1 Å². The van der Waals surface area contributed by atoms with Gasteiger partial charge >= 0.3 is 0 Å². The number of carbonyl (C=O) groups is 1. The molecule has 1 saturated carbocycles. The number of aliphatic hydroxyl groups is 1. The van der Waals surface area contributed by atoms with E-state index in [-0.39, 0.29) is 17.9 Å². The van der Waals surface area contributed by atoms with Crippen LogP contribution in [0.4, 0.5) is 0 Å². The number of hydrogen-bond acceptors (Lipinski definition) is 2. The summed E-state index contributed by atoms with van der Waals surface area (Å²) in [5.74, 6) is 0.703. The van der Waals surface area contributed by atoms with Gasteiger partial charge in [-0.3, -0.25) is 4.79 Å². The molecule has 0 saturated heterocycles. The van der Waals surface area contributed by atoms with Crippen LogP contribution in [-0.4, -0.2) is 24.2 Å². The Bertz CT molecular complexity index is 440. The molecule has 21 heavy (non-hydrogen) atoms. The summed E-state index contributed by atoms with van der Waals surface area (Å²) in [5, 5.41) is 12.7. The zero-order valence-electron chi connectivity index (χ0n) is 13.0. The van der Waals surface area contributed by atoms with Crippen molar-refractivity contribution in [1.82, 2.24) is 5.32 Å². The second-order valence-electron chi connectivity index (χ2n) is 6.76. The van der Waals surface area contributed by atoms with Crippen molar-refractivity contribution in [2.75, 3.05) is 13.2 Å². The van der Waals surface area contributed by atoms with E-state index in [1.807, 2.05) is 25.1 Å². The van der Waals surface area contributed by atoms with Gasteiger partial charge in [-0.15, -0.1) is 0 Å². The summed E-state index contributed by atoms with van der Waals surface area (Å²) in [4.78, 5) is 12.0. The molecule has 0 radical (unpaired) electrons. The molecule has 3 nitrogen and oxygen atoms in total. The maximum absolute atomic E-state index is 12.0. The second-order valence-corrected chi connectivity index (χ2v) is 6.76. The first kappa shape index (κ1) is 16.0. The van der Waals surface area contributed by atoms with Crippen molar-refractivity contribution in [2.24, 2.45) is 11.3 Å². The molecule has 2 rings (SSSR count). The molecular weight excluding hydrogens is 262 g/mol. The maximum Gasteiger partial charge on any atom is 0.220 e. The fourth-order valence-corrected chi connectivity index (χ4v) is 3.12. The number of hydrogen-bond donors (Lipinski definition) is 2. The standard InChI is InChI=1S/C18H27NO2/c1-18(14-20,12-16-9-3-2-4-10-16)13-19-17(21)11-15-7-5-6-8-15/h2-4,9-10,15,20H,5-8,11-14H2,1H3,(H,19,21)/t18-/m1/s1. The summed E-state index contributed by atoms with van der Waals surface area (Å²) < 4.78 is 0. The Balaban J connectivity index is 1.81. The molecule has 1 aromatic rings. The predicted molar refractivity (Wildman–Crippen MR) is 84.9 cm³/mol. The van der Waals surface area contributed by atoms with E-state index in [1.54, 1.807) is 0 Å². The number of aliphatic hydroxyl groups excluding tert-OH is 1. The molecule has 0 spiro atoms. The number of benzene rings is 1. The molecular formula is C18H27NO2. The normalized spacial score (nSPS) is 18.4. The second kappa shape index (κ2) is 7.60. The Hall–Kier alpha value is -1.35. The van der Waals surface area contributed by atoms with Gasteiger partial charge < -0.3 is 10.4 Å². The third kappa shape index (κ3) is 5.16. The summed E-state index contributed by atoms with van der Waals surface area (Å²) in [5.41, 5.74) is 0.895. The van der Waals surface area contributed by atoms with Crippen molar-refractivity contribution in [3.63, 3.8) is 0 Å². The van der Waals surface area contributed by atoms with Crippen LogP contribution in [0.2, 0.25) is 0 Å². The smallest absolute Gasteiger partial charge is 0.220 e. The van der Waals surface area contributed by atoms with E-state index in [9.17, 15) is 9.90 Å². The van der Waals surface area contributed by atoms with Gasteiger partial charge in [0.15, 0.2) is 0 Å². The molecule has 116 valence electrons. The lowest BCUT2D eigenvalue weighted by Crippen LogP contribution is -2.40. The van der Waals surface area contributed by atoms with Gasteiger partial charge in [0, 0.05) is 18.4 Å². The lowest BCUT2D eigenvalue weighted by atomic mass is 9.84. The molecule has 0 unspecified atom stereocenters. The average molecular weight is 289 g/mol. The molecule has 1 aromatic carbocycles. The van der Waals surface area contributed by atoms with Crippen LogP contribution in [0.25, 0.3) is 0 Å². The van der Waals surface area contributed by atoms with Gasteiger partial charge in [-0.25, -0.2) is 0 Å². The molecule has 1 amide bonds. The Kier molecular flexibility index (Phi) is 5.80. The van der Waals surface area contributed by atoms with Gasteiger partial charge in [-0.05, 0) is 30.7 Å². The Morgan fingerprint density at radius 2 is 1.95 bits per heavy atom. The highest BCUT2D eigenvalue weighted by atomic mass is 16.3. The van der Waals surface area contributed by atoms with Gasteiger partial charge in [0.25, 0.3) is 0 Å². The van der Waals surface area contributed by atoms with Crippen LogP contribution in [0, 0.1) is 11.3 Å². The highest BCUT2D eigenvalue weighted by Crippen LogP contribution is 2.27. The third-order valence-corrected chi connectivity index (χ3v) is 4.52. The van der Waals surface area contributed by atoms with Gasteiger partial charge in [0.2, 0.25) is 5.91 Å². The fourth-order valence-electron chi connectivity index (χ4n) is 3.12. The molecule has 1 atom stereocenters. The predicted octanol–water partition coefficient (Wildman–Crippen LogP) is 2.92. The van der Waals surface area contributed by atoms with Gasteiger partial charge in [-0.2, -0.15) is 0 Å². The van der Waals surface area contributed by atoms with Crippen LogP contribution in [0.3, 0.4) is 0 Å². The minimum Gasteiger partial charge on any atom is -0.396 e. The third-order valence-electron chi connectivity index (χ3n) is 4.52. The molecule has 2 N–H and O–H groups in total. The molecule has 1 aliphatic carbocycles. The van der Waals surface area contributed by atoms with Crippen molar-refractivity contribution in [3.05, 3.63) is 35.9 Å². The van der Waals surface area contributed by atoms with Gasteiger partial charge in [0.1, 0.15) is 0 Å². The van der Waals surface area contributed by atoms with E-state index in [4.69, 9.17) is 0 Å². The molecule has 0 aromatic heterocycles. The zero-order chi connectivity index (χ0) is 15.1. The van der Waals surface area contributed by atoms with E-state index < -0.39 is 0 Å². The summed E-state index contributed by atoms with van der Waals surface area (Å²) in [6.45, 7) is 2.63. The number of nitrogens with one attached hydrogen (secondary N) is 1. The average Bonchev–Trinajstić information content (AvgIpc) is 2.99. The van der Waals surface area contributed by atoms with Gasteiger partial charge in [0.05, 0.1) is 6.61 Å². The van der Waals surface area contributed by atoms with Crippen molar-refractivity contribution < 1.29 is 9.90 Å². The zero-order valence-corrected chi connectivity index (χ0v) is 13.0. The van der Waals surface area contributed by atoms with Crippen molar-refractivity contribution in [3.8, 4) is 0 Å². The number of amides is 1. The highest BCUT2D eigenvalue weighted by Gasteiger charge is 2.25. The summed E-state index contributed by atoms with van der Waals surface area (Å²) in [7, 11) is 0. The Morgan fingerprint density at radius 1 is 1.29 bits per heavy atom. The van der Waals surface area contributed by atoms with Crippen LogP contribution in [0.5, 0.6) is 0 Å². The fraction of sp³-hybridized carbons (Fsp3) is 0.611. The molecule has 1 fully saturated rings. The first-order valence-corrected chi connectivity index (χ1v) is 8.03. The monoisotopic (exact) mass is 289 g/mol. The van der Waals surface area contributed by atoms with E-state index >= 15 is 0 Å². The van der Waals surface area contributed by atoms with E-state index in [0.29, 0.717) is 18.9 Å². The van der Waals surface area contributed by atoms with Crippen LogP contribution in [0.15, 0.2) is 30.3 Å². The lowest BCUT2D eigenvalue weighted by Gasteiger charge is -2.28. The largest absolute Gasteiger partial charge is 0.396 e. The minimum atomic E-state index is -0.299. The molecule has 1 aliphatic rings. The molecule has 3 heteroatoms. The summed E-state index contributed by atoms with van der Waals surface area (Å²) in [6.07, 6.45) is 6.32. The first-order chi connectivity index (χ1) is 10.1. The highest BCUT2D eigenvalue weighted by molar-refractivity contribution is 5.76. The van der Waals surface area contributed by atoms with Crippen LogP contribution in [-0.2, 0) is 11.2 Å². The topological polar surface area (TPSA) is 49.3 Å². The lowest BCUT2D eigenvalue weighted by molar-refractivity contribution is -0.122. The Morgan fingerprint density at radius 3 is 2.57 bits per heavy atom. The van der Waals surface area contributed by atoms with Crippen LogP contribution < -0.4 is 5.32 Å². The Labute approximate surface area is 127 Å². The number of carbonyl (C=O) groups excluding carboxylic acids is 1. The van der Waals surface area contributed by atoms with Crippen LogP contribution in [0.1, 0.15) is 44.6 Å². The van der Waals surface area contributed by atoms with Crippen molar-refractivity contribution >= 4 is 5.91 Å². The SMILES string of the molecule is C[C@](CO)(CNC(=O)CC1CCCC1)Cc1ccccc1. The molecule has 0 aliphatic heterocycles. The molecule has 0 bridgehead atoms. The van der Waals surface area contributed by atoms with E-state index in [0.717, 1.165) is 6.42 Å². The van der Waals surface area contributed by atoms with E-state index in [1.165, 1.54) is 31.2 Å². The van der Waals surface area contributed by atoms with Crippen LogP contribution >= 0.6 is 0 Å². The van der Waals surface area contributed by atoms with E-state index in [2.05, 4.69) is 17.4 Å². The number of rotatable bonds is 7. The molecule has 0 heterocycles. The summed E-state index contributed by atoms with van der Waals surface area (Å²) >= 11 is 0.